The Morgan fingerprint density at radius 2 is 2.08 bits per heavy atom. The summed E-state index contributed by atoms with van der Waals surface area (Å²) in [6.45, 7) is 4.49. The van der Waals surface area contributed by atoms with Crippen LogP contribution in [0.3, 0.4) is 0 Å². The highest BCUT2D eigenvalue weighted by Gasteiger charge is 2.03. The highest BCUT2D eigenvalue weighted by molar-refractivity contribution is 5.62. The maximum Gasteiger partial charge on any atom is 0.137 e. The minimum absolute atomic E-state index is 0.147. The van der Waals surface area contributed by atoms with Crippen LogP contribution in [0.2, 0.25) is 0 Å². The number of carboxylic acid groups (broad SMARTS) is 1. The first-order valence-electron chi connectivity index (χ1n) is 4.14. The van der Waals surface area contributed by atoms with Gasteiger partial charge in [-0.2, -0.15) is 0 Å². The van der Waals surface area contributed by atoms with E-state index in [1.807, 2.05) is 13.8 Å². The summed E-state index contributed by atoms with van der Waals surface area (Å²) in [5.74, 6) is 0.463. The highest BCUT2D eigenvalue weighted by atomic mass is 16.4. The first-order valence-corrected chi connectivity index (χ1v) is 4.14. The van der Waals surface area contributed by atoms with Crippen molar-refractivity contribution in [3.05, 3.63) is 0 Å². The normalized spacial score (nSPS) is 10.3. The molecular formula is C8H16NO3-. The molecule has 0 aliphatic rings. The number of carbonyl (C=O) groups is 1. The van der Waals surface area contributed by atoms with Gasteiger partial charge in [0.25, 0.3) is 0 Å². The van der Waals surface area contributed by atoms with Crippen LogP contribution in [0.1, 0.15) is 20.3 Å². The Kier molecular flexibility index (Phi) is 5.45. The van der Waals surface area contributed by atoms with Gasteiger partial charge < -0.3 is 19.9 Å². The van der Waals surface area contributed by atoms with E-state index in [1.54, 1.807) is 0 Å². The molecule has 1 amide bonds. The number of carbonyl (C=O) groups excluding carboxylic acids is 1. The lowest BCUT2D eigenvalue weighted by Crippen LogP contribution is -2.43. The van der Waals surface area contributed by atoms with E-state index in [-0.39, 0.29) is 13.2 Å². The van der Waals surface area contributed by atoms with Crippen LogP contribution in [0.4, 0.5) is 4.79 Å². The van der Waals surface area contributed by atoms with Gasteiger partial charge in [0, 0.05) is 13.1 Å². The van der Waals surface area contributed by atoms with E-state index in [1.165, 1.54) is 0 Å². The molecule has 0 bridgehead atoms. The van der Waals surface area contributed by atoms with Crippen LogP contribution in [0, 0.1) is 5.92 Å². The van der Waals surface area contributed by atoms with Gasteiger partial charge in [0.05, 0.1) is 6.61 Å². The molecule has 0 aromatic carbocycles. The van der Waals surface area contributed by atoms with Crippen LogP contribution in [-0.4, -0.2) is 35.8 Å². The average Bonchev–Trinajstić information content (AvgIpc) is 1.96. The smallest absolute Gasteiger partial charge is 0.137 e. The van der Waals surface area contributed by atoms with Crippen LogP contribution >= 0.6 is 0 Å². The van der Waals surface area contributed by atoms with Gasteiger partial charge in [-0.15, -0.1) is 0 Å². The van der Waals surface area contributed by atoms with E-state index in [0.29, 0.717) is 12.5 Å². The largest absolute Gasteiger partial charge is 0.530 e. The van der Waals surface area contributed by atoms with E-state index in [0.717, 1.165) is 11.3 Å². The summed E-state index contributed by atoms with van der Waals surface area (Å²) in [7, 11) is 0. The van der Waals surface area contributed by atoms with E-state index in [2.05, 4.69) is 0 Å². The molecule has 4 heteroatoms. The number of aliphatic hydroxyl groups is 1. The lowest BCUT2D eigenvalue weighted by molar-refractivity contribution is -0.266. The molecule has 0 unspecified atom stereocenters. The molecule has 0 saturated carbocycles. The van der Waals surface area contributed by atoms with Gasteiger partial charge in [-0.05, 0) is 12.3 Å². The van der Waals surface area contributed by atoms with Crippen molar-refractivity contribution in [2.45, 2.75) is 20.3 Å². The molecule has 0 saturated heterocycles. The Hall–Kier alpha value is -0.770. The second-order valence-corrected chi connectivity index (χ2v) is 3.16. The molecule has 0 heterocycles. The van der Waals surface area contributed by atoms with Gasteiger partial charge in [0.15, 0.2) is 0 Å². The van der Waals surface area contributed by atoms with Crippen molar-refractivity contribution in [1.29, 1.82) is 0 Å². The first kappa shape index (κ1) is 11.2. The summed E-state index contributed by atoms with van der Waals surface area (Å²) in [5, 5.41) is 18.9. The Balaban J connectivity index is 3.71. The lowest BCUT2D eigenvalue weighted by atomic mass is 10.1. The molecule has 0 radical (unpaired) electrons. The lowest BCUT2D eigenvalue weighted by Gasteiger charge is -2.24. The van der Waals surface area contributed by atoms with Crippen molar-refractivity contribution in [1.82, 2.24) is 4.90 Å². The quantitative estimate of drug-likeness (QED) is 0.620. The van der Waals surface area contributed by atoms with Crippen molar-refractivity contribution >= 4 is 6.09 Å². The number of hydrogen-bond acceptors (Lipinski definition) is 3. The molecule has 0 fully saturated rings. The third kappa shape index (κ3) is 4.96. The van der Waals surface area contributed by atoms with E-state index >= 15 is 0 Å². The zero-order valence-corrected chi connectivity index (χ0v) is 7.62. The van der Waals surface area contributed by atoms with Crippen LogP contribution in [0.5, 0.6) is 0 Å². The zero-order valence-electron chi connectivity index (χ0n) is 7.62. The number of hydrogen-bond donors (Lipinski definition) is 1. The van der Waals surface area contributed by atoms with Gasteiger partial charge in [0.2, 0.25) is 0 Å². The fourth-order valence-electron chi connectivity index (χ4n) is 0.829. The minimum Gasteiger partial charge on any atom is -0.530 e. The molecule has 0 aromatic rings. The van der Waals surface area contributed by atoms with Crippen LogP contribution in [0.15, 0.2) is 0 Å². The molecular weight excluding hydrogens is 158 g/mol. The molecule has 0 aliphatic carbocycles. The van der Waals surface area contributed by atoms with Crippen LogP contribution < -0.4 is 5.11 Å². The molecule has 0 rings (SSSR count). The highest BCUT2D eigenvalue weighted by Crippen LogP contribution is 2.01. The molecule has 0 aromatic heterocycles. The van der Waals surface area contributed by atoms with E-state index in [4.69, 9.17) is 5.11 Å². The fourth-order valence-corrected chi connectivity index (χ4v) is 0.829. The summed E-state index contributed by atoms with van der Waals surface area (Å²) >= 11 is 0. The summed E-state index contributed by atoms with van der Waals surface area (Å²) in [6, 6.07) is 0. The third-order valence-corrected chi connectivity index (χ3v) is 1.60. The van der Waals surface area contributed by atoms with Gasteiger partial charge in [-0.1, -0.05) is 13.8 Å². The van der Waals surface area contributed by atoms with Crippen LogP contribution in [0.25, 0.3) is 0 Å². The Morgan fingerprint density at radius 3 is 2.42 bits per heavy atom. The van der Waals surface area contributed by atoms with Crippen molar-refractivity contribution in [3.63, 3.8) is 0 Å². The first-order chi connectivity index (χ1) is 5.57. The summed E-state index contributed by atoms with van der Waals surface area (Å²) in [6.07, 6.45) is -0.404. The Bertz CT molecular complexity index is 136. The maximum atomic E-state index is 10.4. The number of aliphatic hydroxyl groups excluding tert-OH is 1. The maximum absolute atomic E-state index is 10.4. The number of amides is 1. The molecule has 1 N–H and O–H groups in total. The van der Waals surface area contributed by atoms with Gasteiger partial charge in [0.1, 0.15) is 6.09 Å². The average molecular weight is 174 g/mol. The molecule has 72 valence electrons. The Morgan fingerprint density at radius 1 is 1.50 bits per heavy atom. The third-order valence-electron chi connectivity index (χ3n) is 1.60. The number of nitrogens with zero attached hydrogens (tertiary/aromatic N) is 1. The van der Waals surface area contributed by atoms with Crippen molar-refractivity contribution < 1.29 is 15.0 Å². The SMILES string of the molecule is CC(C)CCN(CCO)C(=O)[O-]. The van der Waals surface area contributed by atoms with E-state index < -0.39 is 6.09 Å². The van der Waals surface area contributed by atoms with Gasteiger partial charge in [-0.25, -0.2) is 0 Å². The topological polar surface area (TPSA) is 63.6 Å². The zero-order chi connectivity index (χ0) is 9.56. The second-order valence-electron chi connectivity index (χ2n) is 3.16. The van der Waals surface area contributed by atoms with Crippen molar-refractivity contribution in [2.24, 2.45) is 5.92 Å². The predicted molar refractivity (Wildman–Crippen MR) is 43.5 cm³/mol. The van der Waals surface area contributed by atoms with Crippen molar-refractivity contribution in [2.75, 3.05) is 19.7 Å². The predicted octanol–water partition coefficient (Wildman–Crippen LogP) is -0.330. The monoisotopic (exact) mass is 174 g/mol. The van der Waals surface area contributed by atoms with Gasteiger partial charge in [-0.3, -0.25) is 0 Å². The fraction of sp³-hybridized carbons (Fsp3) is 0.875. The van der Waals surface area contributed by atoms with E-state index in [9.17, 15) is 9.90 Å². The standard InChI is InChI=1S/C8H17NO3/c1-7(2)3-4-9(5-6-10)8(11)12/h7,10H,3-6H2,1-2H3,(H,11,12)/p-1. The van der Waals surface area contributed by atoms with Gasteiger partial charge >= 0.3 is 0 Å². The molecule has 0 spiro atoms. The molecule has 0 atom stereocenters. The summed E-state index contributed by atoms with van der Waals surface area (Å²) in [5.41, 5.74) is 0. The second kappa shape index (κ2) is 5.83. The molecule has 0 aliphatic heterocycles. The molecule has 4 nitrogen and oxygen atoms in total. The summed E-state index contributed by atoms with van der Waals surface area (Å²) in [4.78, 5) is 11.5. The Labute approximate surface area is 72.8 Å². The minimum atomic E-state index is -1.20. The van der Waals surface area contributed by atoms with Crippen LogP contribution in [-0.2, 0) is 0 Å². The molecule has 12 heavy (non-hydrogen) atoms. The summed E-state index contributed by atoms with van der Waals surface area (Å²) < 4.78 is 0. The van der Waals surface area contributed by atoms with Crippen molar-refractivity contribution in [3.8, 4) is 0 Å². The number of rotatable bonds is 5.